The average Bonchev–Trinajstić information content (AvgIpc) is 2.70. The van der Waals surface area contributed by atoms with E-state index in [9.17, 15) is 14.7 Å². The number of ether oxygens (including phenoxy) is 2. The number of quaternary nitrogens is 1. The molecule has 0 aliphatic carbocycles. The van der Waals surface area contributed by atoms with Crippen LogP contribution in [-0.2, 0) is 9.47 Å². The van der Waals surface area contributed by atoms with Gasteiger partial charge >= 0.3 is 6.16 Å². The molecule has 0 aromatic rings. The smallest absolute Gasteiger partial charge is 0.505 e. The summed E-state index contributed by atoms with van der Waals surface area (Å²) >= 11 is 0. The number of rotatable bonds is 15. The van der Waals surface area contributed by atoms with E-state index in [1.54, 1.807) is 0 Å². The molecule has 0 heterocycles. The van der Waals surface area contributed by atoms with Gasteiger partial charge in [0.15, 0.2) is 0 Å². The Hall–Kier alpha value is -1.37. The highest BCUT2D eigenvalue weighted by Gasteiger charge is 2.24. The Bertz CT molecular complexity index is 431. The molecule has 0 aromatic carbocycles. The molecule has 0 amide bonds. The highest BCUT2D eigenvalue weighted by atomic mass is 35.7. The lowest BCUT2D eigenvalue weighted by molar-refractivity contribution is -1.92. The molecule has 0 spiro atoms. The Labute approximate surface area is 200 Å². The van der Waals surface area contributed by atoms with E-state index in [1.165, 1.54) is 89.0 Å². The van der Waals surface area contributed by atoms with Crippen molar-refractivity contribution in [1.29, 1.82) is 0 Å². The fourth-order valence-electron chi connectivity index (χ4n) is 3.03. The zero-order valence-corrected chi connectivity index (χ0v) is 21.5. The first kappa shape index (κ1) is 36.2. The number of hydrogen-bond acceptors (Lipinski definition) is 9. The van der Waals surface area contributed by atoms with Crippen molar-refractivity contribution >= 4 is 12.3 Å². The van der Waals surface area contributed by atoms with Gasteiger partial charge in [-0.3, -0.25) is 0 Å². The van der Waals surface area contributed by atoms with Gasteiger partial charge in [0.25, 0.3) is 6.16 Å². The van der Waals surface area contributed by atoms with E-state index >= 15 is 0 Å². The third-order valence-corrected chi connectivity index (χ3v) is 4.68. The van der Waals surface area contributed by atoms with Crippen LogP contribution in [0.2, 0.25) is 0 Å². The molecule has 0 aliphatic rings. The average molecular weight is 506 g/mol. The van der Waals surface area contributed by atoms with Crippen molar-refractivity contribution in [2.45, 2.75) is 92.1 Å². The summed E-state index contributed by atoms with van der Waals surface area (Å²) in [5.74, 6) is 0. The van der Waals surface area contributed by atoms with Crippen LogP contribution in [0.4, 0.5) is 9.59 Å². The molecule has 0 saturated heterocycles. The van der Waals surface area contributed by atoms with E-state index in [1.807, 2.05) is 0 Å². The molecule has 1 atom stereocenters. The van der Waals surface area contributed by atoms with Gasteiger partial charge in [-0.15, -0.1) is 0 Å². The second kappa shape index (κ2) is 22.4. The van der Waals surface area contributed by atoms with Gasteiger partial charge in [-0.05, 0) is 32.6 Å². The summed E-state index contributed by atoms with van der Waals surface area (Å²) in [6.45, 7) is 16.0. The molecular formula is C21H44ClNO10. The predicted molar refractivity (Wildman–Crippen MR) is 111 cm³/mol. The lowest BCUT2D eigenvalue weighted by Crippen LogP contribution is -2.58. The maximum absolute atomic E-state index is 9.75. The molecular weight excluding hydrogens is 462 g/mol. The van der Waals surface area contributed by atoms with E-state index in [0.29, 0.717) is 0 Å². The minimum absolute atomic E-state index is 0.330. The van der Waals surface area contributed by atoms with Gasteiger partial charge in [-0.2, -0.15) is 14.0 Å². The molecule has 1 unspecified atom stereocenters. The number of nitrogens with zero attached hydrogens (tertiary/aromatic N) is 1. The van der Waals surface area contributed by atoms with Gasteiger partial charge in [0.2, 0.25) is 0 Å². The Morgan fingerprint density at radius 3 is 1.36 bits per heavy atom. The van der Waals surface area contributed by atoms with Gasteiger partial charge < -0.3 is 29.0 Å². The fraction of sp³-hybridized carbons (Fsp3) is 0.905. The normalized spacial score (nSPS) is 11.9. The predicted octanol–water partition coefficient (Wildman–Crippen LogP) is 0.309. The van der Waals surface area contributed by atoms with Crippen molar-refractivity contribution in [2.75, 3.05) is 32.8 Å². The van der Waals surface area contributed by atoms with Crippen molar-refractivity contribution in [3.05, 3.63) is 0 Å². The van der Waals surface area contributed by atoms with Crippen molar-refractivity contribution in [1.82, 2.24) is 0 Å². The summed E-state index contributed by atoms with van der Waals surface area (Å²) in [5.41, 5.74) is 0. The van der Waals surface area contributed by atoms with Crippen molar-refractivity contribution < 1.29 is 62.6 Å². The van der Waals surface area contributed by atoms with Gasteiger partial charge in [0.05, 0.1) is 47.2 Å². The van der Waals surface area contributed by atoms with Gasteiger partial charge in [-0.1, -0.05) is 53.4 Å². The highest BCUT2D eigenvalue weighted by Crippen LogP contribution is 2.16. The first-order valence-electron chi connectivity index (χ1n) is 11.5. The third kappa shape index (κ3) is 32.9. The number of unbranched alkanes of at least 4 members (excludes halogenated alkanes) is 4. The zero-order valence-electron chi connectivity index (χ0n) is 20.8. The summed E-state index contributed by atoms with van der Waals surface area (Å²) in [4.78, 5) is 19.5. The standard InChI is InChI=1S/C16H36N.C5H8O6.ClHO4/c1-5-9-13-17(14-10-6-2,15-11-7-3)16-12-8-4;1-3(11-5(8)9)2-10-4(6)7;2-1(3,4)5/h5-16H2,1-4H3;3H,2H2,1H3,(H,6,7)(H,8,9);(H,2,3,4,5)/q+1;;/p-1. The summed E-state index contributed by atoms with van der Waals surface area (Å²) in [6.07, 6.45) is 7.05. The van der Waals surface area contributed by atoms with Crippen LogP contribution in [0, 0.1) is 10.2 Å². The highest BCUT2D eigenvalue weighted by molar-refractivity contribution is 5.57. The molecule has 0 radical (unpaired) electrons. The summed E-state index contributed by atoms with van der Waals surface area (Å²) in [6, 6.07) is 0. The molecule has 0 aliphatic heterocycles. The monoisotopic (exact) mass is 505 g/mol. The first-order valence-corrected chi connectivity index (χ1v) is 12.7. The molecule has 33 heavy (non-hydrogen) atoms. The van der Waals surface area contributed by atoms with Crippen LogP contribution in [0.5, 0.6) is 0 Å². The maximum Gasteiger partial charge on any atom is 0.505 e. The lowest BCUT2D eigenvalue weighted by atomic mass is 10.1. The maximum atomic E-state index is 9.75. The number of hydrogen-bond donors (Lipinski definition) is 2. The molecule has 12 heteroatoms. The Kier molecular flexibility index (Phi) is 24.6. The Morgan fingerprint density at radius 1 is 0.848 bits per heavy atom. The quantitative estimate of drug-likeness (QED) is 0.231. The van der Waals surface area contributed by atoms with Crippen LogP contribution in [0.15, 0.2) is 0 Å². The molecule has 11 nitrogen and oxygen atoms in total. The van der Waals surface area contributed by atoms with Crippen LogP contribution in [-0.4, -0.2) is 65.4 Å². The SMILES string of the molecule is CC(COC(=O)O)OC(=O)[O-].CCCC[N+](CCCC)(CCCC)CCCC.[O-][Cl+3]([O-])([O-])O. The molecule has 2 N–H and O–H groups in total. The fourth-order valence-corrected chi connectivity index (χ4v) is 3.03. The second-order valence-electron chi connectivity index (χ2n) is 7.80. The van der Waals surface area contributed by atoms with Gasteiger partial charge in [0, 0.05) is 0 Å². The topological polar surface area (TPSA) is 185 Å². The molecule has 200 valence electrons. The number of carboxylic acid groups (broad SMARTS) is 2. The van der Waals surface area contributed by atoms with Crippen LogP contribution in [0.3, 0.4) is 0 Å². The van der Waals surface area contributed by atoms with Crippen molar-refractivity contribution in [3.8, 4) is 0 Å². The molecule has 0 bridgehead atoms. The summed E-state index contributed by atoms with van der Waals surface area (Å²) < 4.78 is 42.2. The molecule has 0 aromatic heterocycles. The van der Waals surface area contributed by atoms with E-state index in [-0.39, 0.29) is 6.61 Å². The Balaban J connectivity index is -0.000000479. The minimum atomic E-state index is -4.69. The van der Waals surface area contributed by atoms with E-state index in [0.717, 1.165) is 0 Å². The van der Waals surface area contributed by atoms with E-state index in [4.69, 9.17) is 23.7 Å². The van der Waals surface area contributed by atoms with E-state index < -0.39 is 28.7 Å². The second-order valence-corrected chi connectivity index (χ2v) is 8.59. The van der Waals surface area contributed by atoms with Gasteiger partial charge in [-0.25, -0.2) is 4.79 Å². The van der Waals surface area contributed by atoms with E-state index in [2.05, 4.69) is 37.2 Å². The minimum Gasteiger partial charge on any atom is -0.543 e. The number of carbonyl (C=O) groups is 2. The zero-order chi connectivity index (χ0) is 26.3. The van der Waals surface area contributed by atoms with Crippen LogP contribution in [0.25, 0.3) is 0 Å². The Morgan fingerprint density at radius 2 is 1.15 bits per heavy atom. The summed E-state index contributed by atoms with van der Waals surface area (Å²) in [7, 11) is -4.69. The van der Waals surface area contributed by atoms with Crippen LogP contribution in [0.1, 0.15) is 86.0 Å². The lowest BCUT2D eigenvalue weighted by Gasteiger charge is -2.39. The van der Waals surface area contributed by atoms with Crippen molar-refractivity contribution in [3.63, 3.8) is 0 Å². The number of carbonyl (C=O) groups excluding carboxylic acids is 1. The largest absolute Gasteiger partial charge is 0.543 e. The first-order chi connectivity index (χ1) is 15.3. The molecule has 0 fully saturated rings. The van der Waals surface area contributed by atoms with Crippen molar-refractivity contribution in [2.24, 2.45) is 0 Å². The third-order valence-electron chi connectivity index (χ3n) is 4.68. The van der Waals surface area contributed by atoms with Gasteiger partial charge in [0.1, 0.15) is 6.61 Å². The summed E-state index contributed by atoms with van der Waals surface area (Å²) in [5, 5.41) is 17.7. The molecule has 0 rings (SSSR count). The van der Waals surface area contributed by atoms with Crippen LogP contribution >= 0.6 is 0 Å². The number of halogens is 1. The molecule has 0 saturated carbocycles. The van der Waals surface area contributed by atoms with Crippen LogP contribution < -0.4 is 19.1 Å².